The van der Waals surface area contributed by atoms with Gasteiger partial charge in [-0.05, 0) is 20.3 Å². The number of aromatic nitrogens is 2. The van der Waals surface area contributed by atoms with Gasteiger partial charge in [0, 0.05) is 25.3 Å². The molecule has 0 radical (unpaired) electrons. The molecule has 0 aliphatic rings. The van der Waals surface area contributed by atoms with Gasteiger partial charge in [0.15, 0.2) is 0 Å². The highest BCUT2D eigenvalue weighted by Gasteiger charge is 2.12. The number of nitrogens with one attached hydrogen (secondary N) is 1. The van der Waals surface area contributed by atoms with E-state index in [2.05, 4.69) is 10.3 Å². The van der Waals surface area contributed by atoms with E-state index >= 15 is 0 Å². The van der Waals surface area contributed by atoms with Gasteiger partial charge in [0.1, 0.15) is 5.69 Å². The summed E-state index contributed by atoms with van der Waals surface area (Å²) in [5, 5.41) is 2.85. The molecule has 3 N–H and O–H groups in total. The van der Waals surface area contributed by atoms with Crippen molar-refractivity contribution in [1.29, 1.82) is 0 Å². The quantitative estimate of drug-likeness (QED) is 0.749. The van der Waals surface area contributed by atoms with Crippen molar-refractivity contribution in [2.75, 3.05) is 0 Å². The Morgan fingerprint density at radius 3 is 2.80 bits per heavy atom. The summed E-state index contributed by atoms with van der Waals surface area (Å²) < 4.78 is 1.74. The molecule has 0 aliphatic carbocycles. The van der Waals surface area contributed by atoms with Crippen molar-refractivity contribution in [2.45, 2.75) is 32.4 Å². The fourth-order valence-corrected chi connectivity index (χ4v) is 1.44. The molecule has 2 atom stereocenters. The van der Waals surface area contributed by atoms with E-state index in [-0.39, 0.29) is 18.0 Å². The van der Waals surface area contributed by atoms with Crippen LogP contribution in [0.4, 0.5) is 0 Å². The number of carbonyl (C=O) groups excluding carboxylic acids is 1. The molecule has 1 rings (SSSR count). The van der Waals surface area contributed by atoms with Gasteiger partial charge in [0.05, 0.1) is 6.33 Å². The average Bonchev–Trinajstić information content (AvgIpc) is 2.49. The van der Waals surface area contributed by atoms with Crippen molar-refractivity contribution in [1.82, 2.24) is 14.9 Å². The van der Waals surface area contributed by atoms with Crippen LogP contribution in [0.2, 0.25) is 0 Å². The van der Waals surface area contributed by atoms with Crippen molar-refractivity contribution in [2.24, 2.45) is 12.8 Å². The van der Waals surface area contributed by atoms with Crippen molar-refractivity contribution in [3.05, 3.63) is 18.2 Å². The van der Waals surface area contributed by atoms with Crippen molar-refractivity contribution in [3.63, 3.8) is 0 Å². The van der Waals surface area contributed by atoms with Crippen LogP contribution in [0.15, 0.2) is 12.5 Å². The lowest BCUT2D eigenvalue weighted by atomic mass is 10.1. The number of rotatable bonds is 4. The first-order valence-corrected chi connectivity index (χ1v) is 5.03. The summed E-state index contributed by atoms with van der Waals surface area (Å²) in [6.07, 6.45) is 4.05. The minimum atomic E-state index is -0.149. The van der Waals surface area contributed by atoms with E-state index in [9.17, 15) is 4.79 Å². The largest absolute Gasteiger partial charge is 0.348 e. The van der Waals surface area contributed by atoms with Crippen LogP contribution in [0.5, 0.6) is 0 Å². The minimum absolute atomic E-state index is 0.0690. The number of hydrogen-bond acceptors (Lipinski definition) is 3. The normalized spacial score (nSPS) is 14.7. The first-order valence-electron chi connectivity index (χ1n) is 5.03. The maximum atomic E-state index is 11.6. The Labute approximate surface area is 89.7 Å². The molecular formula is C10H18N4O. The molecule has 0 bridgehead atoms. The summed E-state index contributed by atoms with van der Waals surface area (Å²) >= 11 is 0. The average molecular weight is 210 g/mol. The fraction of sp³-hybridized carbons (Fsp3) is 0.600. The zero-order chi connectivity index (χ0) is 11.4. The van der Waals surface area contributed by atoms with Gasteiger partial charge in [-0.15, -0.1) is 0 Å². The van der Waals surface area contributed by atoms with Gasteiger partial charge in [0.25, 0.3) is 5.91 Å². The topological polar surface area (TPSA) is 72.9 Å². The summed E-state index contributed by atoms with van der Waals surface area (Å²) in [6, 6.07) is 0.156. The van der Waals surface area contributed by atoms with Crippen LogP contribution in [-0.4, -0.2) is 27.5 Å². The predicted molar refractivity (Wildman–Crippen MR) is 58.4 cm³/mol. The lowest BCUT2D eigenvalue weighted by molar-refractivity contribution is 0.0933. The van der Waals surface area contributed by atoms with Crippen LogP contribution in [0, 0.1) is 0 Å². The molecule has 15 heavy (non-hydrogen) atoms. The summed E-state index contributed by atoms with van der Waals surface area (Å²) in [6.45, 7) is 3.85. The molecule has 1 aromatic heterocycles. The lowest BCUT2D eigenvalue weighted by Gasteiger charge is -2.14. The Hall–Kier alpha value is -1.36. The van der Waals surface area contributed by atoms with Crippen LogP contribution in [0.3, 0.4) is 0 Å². The van der Waals surface area contributed by atoms with Gasteiger partial charge in [-0.25, -0.2) is 4.98 Å². The molecule has 5 nitrogen and oxygen atoms in total. The highest BCUT2D eigenvalue weighted by atomic mass is 16.1. The lowest BCUT2D eigenvalue weighted by Crippen LogP contribution is -2.36. The Kier molecular flexibility index (Phi) is 3.85. The maximum Gasteiger partial charge on any atom is 0.271 e. The second kappa shape index (κ2) is 4.93. The number of amides is 1. The molecule has 1 heterocycles. The molecular weight excluding hydrogens is 192 g/mol. The van der Waals surface area contributed by atoms with Crippen LogP contribution >= 0.6 is 0 Å². The molecule has 0 saturated heterocycles. The van der Waals surface area contributed by atoms with Crippen molar-refractivity contribution < 1.29 is 4.79 Å². The van der Waals surface area contributed by atoms with Crippen LogP contribution in [0.25, 0.3) is 0 Å². The third-order valence-electron chi connectivity index (χ3n) is 2.04. The monoisotopic (exact) mass is 210 g/mol. The van der Waals surface area contributed by atoms with Gasteiger partial charge in [-0.2, -0.15) is 0 Å². The van der Waals surface area contributed by atoms with Gasteiger partial charge in [0.2, 0.25) is 0 Å². The third-order valence-corrected chi connectivity index (χ3v) is 2.04. The summed E-state index contributed by atoms with van der Waals surface area (Å²) in [5.74, 6) is -0.149. The van der Waals surface area contributed by atoms with Gasteiger partial charge in [-0.3, -0.25) is 4.79 Å². The highest BCUT2D eigenvalue weighted by Crippen LogP contribution is 1.98. The summed E-state index contributed by atoms with van der Waals surface area (Å²) in [5.41, 5.74) is 6.08. The van der Waals surface area contributed by atoms with Crippen LogP contribution < -0.4 is 11.1 Å². The Morgan fingerprint density at radius 1 is 1.67 bits per heavy atom. The minimum Gasteiger partial charge on any atom is -0.348 e. The molecule has 0 aliphatic heterocycles. The molecule has 0 aromatic carbocycles. The zero-order valence-electron chi connectivity index (χ0n) is 9.40. The van der Waals surface area contributed by atoms with Gasteiger partial charge in [-0.1, -0.05) is 0 Å². The highest BCUT2D eigenvalue weighted by molar-refractivity contribution is 5.92. The number of nitrogens with two attached hydrogens (primary N) is 1. The molecule has 0 fully saturated rings. The van der Waals surface area contributed by atoms with Gasteiger partial charge >= 0.3 is 0 Å². The molecule has 5 heteroatoms. The maximum absolute atomic E-state index is 11.6. The zero-order valence-corrected chi connectivity index (χ0v) is 9.40. The van der Waals surface area contributed by atoms with Crippen LogP contribution in [-0.2, 0) is 7.05 Å². The summed E-state index contributed by atoms with van der Waals surface area (Å²) in [4.78, 5) is 15.6. The van der Waals surface area contributed by atoms with Crippen molar-refractivity contribution >= 4 is 5.91 Å². The third kappa shape index (κ3) is 3.71. The fourth-order valence-electron chi connectivity index (χ4n) is 1.44. The van der Waals surface area contributed by atoms with Gasteiger partial charge < -0.3 is 15.6 Å². The van der Waals surface area contributed by atoms with E-state index in [1.807, 2.05) is 20.9 Å². The molecule has 1 amide bonds. The first kappa shape index (κ1) is 11.7. The molecule has 2 unspecified atom stereocenters. The number of hydrogen-bond donors (Lipinski definition) is 2. The van der Waals surface area contributed by atoms with Crippen molar-refractivity contribution in [3.8, 4) is 0 Å². The molecule has 84 valence electrons. The molecule has 1 aromatic rings. The molecule has 0 saturated carbocycles. The smallest absolute Gasteiger partial charge is 0.271 e. The SMILES string of the molecule is CC(N)CC(C)NC(=O)c1cn(C)cn1. The number of imidazole rings is 1. The first-order chi connectivity index (χ1) is 6.99. The number of carbonyl (C=O) groups is 1. The Morgan fingerprint density at radius 2 is 2.33 bits per heavy atom. The van der Waals surface area contributed by atoms with E-state index in [0.717, 1.165) is 6.42 Å². The second-order valence-electron chi connectivity index (χ2n) is 4.01. The standard InChI is InChI=1S/C10H18N4O/c1-7(11)4-8(2)13-10(15)9-5-14(3)6-12-9/h5-8H,4,11H2,1-3H3,(H,13,15). The Bertz CT molecular complexity index is 332. The van der Waals surface area contributed by atoms with E-state index in [4.69, 9.17) is 5.73 Å². The van der Waals surface area contributed by atoms with E-state index < -0.39 is 0 Å². The van der Waals surface area contributed by atoms with Crippen LogP contribution in [0.1, 0.15) is 30.8 Å². The van der Waals surface area contributed by atoms with E-state index in [0.29, 0.717) is 5.69 Å². The van der Waals surface area contributed by atoms with E-state index in [1.165, 1.54) is 0 Å². The summed E-state index contributed by atoms with van der Waals surface area (Å²) in [7, 11) is 1.83. The number of aryl methyl sites for hydroxylation is 1. The predicted octanol–water partition coefficient (Wildman–Crippen LogP) is 0.276. The number of nitrogens with zero attached hydrogens (tertiary/aromatic N) is 2. The Balaban J connectivity index is 2.49. The molecule has 0 spiro atoms. The van der Waals surface area contributed by atoms with E-state index in [1.54, 1.807) is 17.1 Å². The second-order valence-corrected chi connectivity index (χ2v) is 4.01.